The van der Waals surface area contributed by atoms with Gasteiger partial charge in [-0.15, -0.1) is 0 Å². The Morgan fingerprint density at radius 2 is 1.25 bits per heavy atom. The molecule has 3 aromatic heterocycles. The highest BCUT2D eigenvalue weighted by atomic mass is 15.1. The molecular weight excluding hydrogens is 438 g/mol. The molecule has 3 heteroatoms. The average Bonchev–Trinajstić information content (AvgIpc) is 3.48. The van der Waals surface area contributed by atoms with Crippen LogP contribution in [-0.4, -0.2) is 14.5 Å². The number of aromatic nitrogens is 3. The molecule has 8 rings (SSSR count). The number of hydrogen-bond acceptors (Lipinski definition) is 1. The Labute approximate surface area is 207 Å². The van der Waals surface area contributed by atoms with Crippen molar-refractivity contribution >= 4 is 54.4 Å². The molecule has 168 valence electrons. The minimum atomic E-state index is 0.931. The van der Waals surface area contributed by atoms with Crippen molar-refractivity contribution in [2.45, 2.75) is 0 Å². The van der Waals surface area contributed by atoms with Gasteiger partial charge in [0.25, 0.3) is 0 Å². The summed E-state index contributed by atoms with van der Waals surface area (Å²) < 4.78 is 2.28. The van der Waals surface area contributed by atoms with Crippen LogP contribution in [0.2, 0.25) is 0 Å². The van der Waals surface area contributed by atoms with Gasteiger partial charge in [0, 0.05) is 38.8 Å². The van der Waals surface area contributed by atoms with Gasteiger partial charge in [-0.25, -0.2) is 4.98 Å². The van der Waals surface area contributed by atoms with E-state index in [4.69, 9.17) is 4.98 Å². The fourth-order valence-corrected chi connectivity index (χ4v) is 5.73. The lowest BCUT2D eigenvalue weighted by molar-refractivity contribution is 1.08. The monoisotopic (exact) mass is 459 g/mol. The highest BCUT2D eigenvalue weighted by Gasteiger charge is 2.16. The van der Waals surface area contributed by atoms with Crippen LogP contribution in [-0.2, 0) is 0 Å². The maximum atomic E-state index is 4.70. The highest BCUT2D eigenvalue weighted by molar-refractivity contribution is 6.22. The maximum absolute atomic E-state index is 4.70. The molecule has 0 spiro atoms. The van der Waals surface area contributed by atoms with Crippen molar-refractivity contribution in [3.63, 3.8) is 0 Å². The number of nitrogens with one attached hydrogen (secondary N) is 1. The van der Waals surface area contributed by atoms with Crippen LogP contribution in [0.3, 0.4) is 0 Å². The van der Waals surface area contributed by atoms with E-state index in [-0.39, 0.29) is 0 Å². The van der Waals surface area contributed by atoms with E-state index in [1.165, 1.54) is 60.0 Å². The molecule has 0 bridgehead atoms. The zero-order valence-electron chi connectivity index (χ0n) is 19.4. The molecule has 0 aliphatic rings. The number of benzene rings is 5. The Kier molecular flexibility index (Phi) is 3.94. The summed E-state index contributed by atoms with van der Waals surface area (Å²) in [6, 6.07) is 41.2. The third-order valence-electron chi connectivity index (χ3n) is 7.37. The smallest absolute Gasteiger partial charge is 0.137 e. The Hall–Kier alpha value is -4.89. The van der Waals surface area contributed by atoms with Crippen molar-refractivity contribution in [3.8, 4) is 16.9 Å². The quantitative estimate of drug-likeness (QED) is 0.276. The summed E-state index contributed by atoms with van der Waals surface area (Å²) in [6.45, 7) is 0. The van der Waals surface area contributed by atoms with E-state index in [9.17, 15) is 0 Å². The molecule has 0 amide bonds. The van der Waals surface area contributed by atoms with Gasteiger partial charge in [-0.3, -0.25) is 4.57 Å². The van der Waals surface area contributed by atoms with Crippen molar-refractivity contribution in [1.82, 2.24) is 14.5 Å². The number of hydrogen-bond donors (Lipinski definition) is 1. The summed E-state index contributed by atoms with van der Waals surface area (Å²) in [4.78, 5) is 8.24. The van der Waals surface area contributed by atoms with E-state index in [1.807, 2.05) is 18.3 Å². The predicted octanol–water partition coefficient (Wildman–Crippen LogP) is 8.63. The summed E-state index contributed by atoms with van der Waals surface area (Å²) >= 11 is 0. The van der Waals surface area contributed by atoms with Gasteiger partial charge in [0.15, 0.2) is 0 Å². The van der Waals surface area contributed by atoms with Gasteiger partial charge in [0.1, 0.15) is 5.82 Å². The third-order valence-corrected chi connectivity index (χ3v) is 7.37. The summed E-state index contributed by atoms with van der Waals surface area (Å²) in [5, 5.41) is 7.53. The van der Waals surface area contributed by atoms with E-state index in [1.54, 1.807) is 0 Å². The van der Waals surface area contributed by atoms with Crippen LogP contribution < -0.4 is 0 Å². The largest absolute Gasteiger partial charge is 0.355 e. The molecule has 8 aromatic rings. The van der Waals surface area contributed by atoms with Crippen LogP contribution in [0.1, 0.15) is 0 Å². The van der Waals surface area contributed by atoms with Crippen LogP contribution in [0.15, 0.2) is 121 Å². The predicted molar refractivity (Wildman–Crippen MR) is 151 cm³/mol. The van der Waals surface area contributed by atoms with E-state index < -0.39 is 0 Å². The van der Waals surface area contributed by atoms with Crippen LogP contribution in [0, 0.1) is 0 Å². The van der Waals surface area contributed by atoms with Gasteiger partial charge < -0.3 is 4.98 Å². The van der Waals surface area contributed by atoms with E-state index in [0.29, 0.717) is 0 Å². The molecule has 0 aliphatic heterocycles. The van der Waals surface area contributed by atoms with Gasteiger partial charge in [-0.2, -0.15) is 0 Å². The number of rotatable bonds is 2. The molecule has 0 saturated heterocycles. The van der Waals surface area contributed by atoms with Crippen molar-refractivity contribution in [2.24, 2.45) is 0 Å². The number of aromatic amines is 1. The molecule has 0 atom stereocenters. The molecule has 36 heavy (non-hydrogen) atoms. The Morgan fingerprint density at radius 1 is 0.528 bits per heavy atom. The lowest BCUT2D eigenvalue weighted by atomic mass is 9.99. The molecule has 1 N–H and O–H groups in total. The number of fused-ring (bicyclic) bond motifs is 8. The molecule has 3 nitrogen and oxygen atoms in total. The standard InChI is InChI=1S/C33H21N3/c1-2-8-24-21(7-1)13-17-31-33(24)27-20-23(14-16-30(27)36(31)32-11-5-6-18-34-32)22-12-15-29-26(19-22)25-9-3-4-10-28(25)35-29/h1-20,35H. The molecule has 3 heterocycles. The van der Waals surface area contributed by atoms with Gasteiger partial charge in [0.05, 0.1) is 11.0 Å². The summed E-state index contributed by atoms with van der Waals surface area (Å²) in [5.41, 5.74) is 7.10. The van der Waals surface area contributed by atoms with Crippen molar-refractivity contribution in [3.05, 3.63) is 121 Å². The van der Waals surface area contributed by atoms with Gasteiger partial charge in [0.2, 0.25) is 0 Å². The molecule has 0 unspecified atom stereocenters. The number of pyridine rings is 1. The molecular formula is C33H21N3. The lowest BCUT2D eigenvalue weighted by Gasteiger charge is -2.07. The fraction of sp³-hybridized carbons (Fsp3) is 0. The zero-order valence-corrected chi connectivity index (χ0v) is 19.4. The van der Waals surface area contributed by atoms with Gasteiger partial charge >= 0.3 is 0 Å². The molecule has 5 aromatic carbocycles. The minimum Gasteiger partial charge on any atom is -0.355 e. The van der Waals surface area contributed by atoms with Crippen molar-refractivity contribution in [1.29, 1.82) is 0 Å². The Morgan fingerprint density at radius 3 is 2.14 bits per heavy atom. The number of H-pyrrole nitrogens is 1. The first-order valence-electron chi connectivity index (χ1n) is 12.2. The van der Waals surface area contributed by atoms with Crippen LogP contribution >= 0.6 is 0 Å². The number of nitrogens with zero attached hydrogens (tertiary/aromatic N) is 2. The van der Waals surface area contributed by atoms with E-state index >= 15 is 0 Å². The van der Waals surface area contributed by atoms with Crippen LogP contribution in [0.25, 0.3) is 71.3 Å². The topological polar surface area (TPSA) is 33.6 Å². The number of para-hydroxylation sites is 1. The van der Waals surface area contributed by atoms with Gasteiger partial charge in [-0.05, 0) is 70.4 Å². The first kappa shape index (κ1) is 19.4. The highest BCUT2D eigenvalue weighted by Crippen LogP contribution is 2.39. The molecule has 0 saturated carbocycles. The SMILES string of the molecule is c1ccc(-n2c3ccc(-c4ccc5[nH]c6ccccc6c5c4)cc3c3c4ccccc4ccc32)nc1. The summed E-state index contributed by atoms with van der Waals surface area (Å²) in [7, 11) is 0. The maximum Gasteiger partial charge on any atom is 0.137 e. The molecule has 0 fully saturated rings. The van der Waals surface area contributed by atoms with Gasteiger partial charge in [-0.1, -0.05) is 66.7 Å². The average molecular weight is 460 g/mol. The third kappa shape index (κ3) is 2.71. The molecule has 0 radical (unpaired) electrons. The second-order valence-electron chi connectivity index (χ2n) is 9.37. The fourth-order valence-electron chi connectivity index (χ4n) is 5.73. The second-order valence-corrected chi connectivity index (χ2v) is 9.37. The van der Waals surface area contributed by atoms with Crippen molar-refractivity contribution in [2.75, 3.05) is 0 Å². The van der Waals surface area contributed by atoms with E-state index in [0.717, 1.165) is 11.3 Å². The van der Waals surface area contributed by atoms with Crippen LogP contribution in [0.4, 0.5) is 0 Å². The van der Waals surface area contributed by atoms with Crippen molar-refractivity contribution < 1.29 is 0 Å². The Bertz CT molecular complexity index is 2100. The summed E-state index contributed by atoms with van der Waals surface area (Å²) in [5.74, 6) is 0.931. The zero-order chi connectivity index (χ0) is 23.6. The lowest BCUT2D eigenvalue weighted by Crippen LogP contribution is -1.96. The minimum absolute atomic E-state index is 0.931. The Balaban J connectivity index is 1.45. The van der Waals surface area contributed by atoms with Crippen LogP contribution in [0.5, 0.6) is 0 Å². The second kappa shape index (κ2) is 7.30. The molecule has 0 aliphatic carbocycles. The summed E-state index contributed by atoms with van der Waals surface area (Å²) in [6.07, 6.45) is 1.86. The first-order valence-corrected chi connectivity index (χ1v) is 12.2. The van der Waals surface area contributed by atoms with E-state index in [2.05, 4.69) is 113 Å². The normalized spacial score (nSPS) is 11.9. The first-order chi connectivity index (χ1) is 17.8.